The number of hydrogen-bond acceptors (Lipinski definition) is 3. The molecule has 0 fully saturated rings. The summed E-state index contributed by atoms with van der Waals surface area (Å²) < 4.78 is 5.37. The number of hydrogen-bond donors (Lipinski definition) is 1. The van der Waals surface area contributed by atoms with Gasteiger partial charge in [0.2, 0.25) is 0 Å². The van der Waals surface area contributed by atoms with E-state index in [-0.39, 0.29) is 0 Å². The molecule has 0 aromatic heterocycles. The molecule has 0 atom stereocenters. The lowest BCUT2D eigenvalue weighted by molar-refractivity contribution is 0.219. The van der Waals surface area contributed by atoms with E-state index in [0.29, 0.717) is 6.04 Å². The number of anilines is 1. The van der Waals surface area contributed by atoms with Crippen molar-refractivity contribution in [3.05, 3.63) is 23.8 Å². The van der Waals surface area contributed by atoms with Crippen LogP contribution in [0.3, 0.4) is 0 Å². The van der Waals surface area contributed by atoms with E-state index in [1.165, 1.54) is 0 Å². The summed E-state index contributed by atoms with van der Waals surface area (Å²) in [5.41, 5.74) is 7.77. The molecule has 0 saturated carbocycles. The van der Waals surface area contributed by atoms with Gasteiger partial charge in [0.15, 0.2) is 0 Å². The predicted molar refractivity (Wildman–Crippen MR) is 73.2 cm³/mol. The van der Waals surface area contributed by atoms with Crippen molar-refractivity contribution in [3.8, 4) is 5.75 Å². The Labute approximate surface area is 105 Å². The summed E-state index contributed by atoms with van der Waals surface area (Å²) in [4.78, 5) is 2.36. The summed E-state index contributed by atoms with van der Waals surface area (Å²) >= 11 is 0. The van der Waals surface area contributed by atoms with E-state index in [2.05, 4.69) is 25.8 Å². The summed E-state index contributed by atoms with van der Waals surface area (Å²) in [5.74, 6) is 0.914. The molecule has 0 heterocycles. The topological polar surface area (TPSA) is 38.5 Å². The van der Waals surface area contributed by atoms with Crippen molar-refractivity contribution in [2.75, 3.05) is 19.9 Å². The number of nitrogens with two attached hydrogens (primary N) is 1. The van der Waals surface area contributed by atoms with Gasteiger partial charge in [0.1, 0.15) is 5.75 Å². The minimum Gasteiger partial charge on any atom is -0.496 e. The molecule has 17 heavy (non-hydrogen) atoms. The predicted octanol–water partition coefficient (Wildman–Crippen LogP) is 2.90. The van der Waals surface area contributed by atoms with Crippen molar-refractivity contribution in [1.82, 2.24) is 4.90 Å². The molecular formula is C14H24N2O. The first-order valence-corrected chi connectivity index (χ1v) is 6.24. The Morgan fingerprint density at radius 2 is 1.94 bits per heavy atom. The van der Waals surface area contributed by atoms with E-state index in [1.54, 1.807) is 7.11 Å². The molecule has 2 N–H and O–H groups in total. The zero-order valence-electron chi connectivity index (χ0n) is 11.4. The maximum absolute atomic E-state index is 5.82. The lowest BCUT2D eigenvalue weighted by Crippen LogP contribution is -2.30. The second-order valence-electron chi connectivity index (χ2n) is 4.46. The molecule has 0 aliphatic carbocycles. The van der Waals surface area contributed by atoms with Gasteiger partial charge in [-0.1, -0.05) is 13.8 Å². The molecule has 0 aliphatic heterocycles. The van der Waals surface area contributed by atoms with Crippen molar-refractivity contribution >= 4 is 5.69 Å². The molecule has 0 amide bonds. The van der Waals surface area contributed by atoms with Crippen molar-refractivity contribution in [3.63, 3.8) is 0 Å². The van der Waals surface area contributed by atoms with Crippen LogP contribution in [0.5, 0.6) is 5.75 Å². The Morgan fingerprint density at radius 1 is 1.29 bits per heavy atom. The maximum atomic E-state index is 5.82. The highest BCUT2D eigenvalue weighted by Gasteiger charge is 2.13. The van der Waals surface area contributed by atoms with E-state index in [9.17, 15) is 0 Å². The van der Waals surface area contributed by atoms with Crippen molar-refractivity contribution in [2.45, 2.75) is 39.3 Å². The molecule has 0 radical (unpaired) electrons. The molecule has 0 bridgehead atoms. The summed E-state index contributed by atoms with van der Waals surface area (Å²) in [6.07, 6.45) is 2.33. The Morgan fingerprint density at radius 3 is 2.47 bits per heavy atom. The van der Waals surface area contributed by atoms with Crippen LogP contribution in [0.25, 0.3) is 0 Å². The second-order valence-corrected chi connectivity index (χ2v) is 4.46. The van der Waals surface area contributed by atoms with Crippen LogP contribution >= 0.6 is 0 Å². The number of rotatable bonds is 6. The number of nitrogen functional groups attached to an aromatic ring is 1. The molecule has 1 aromatic rings. The van der Waals surface area contributed by atoms with Crippen LogP contribution in [0, 0.1) is 0 Å². The van der Waals surface area contributed by atoms with Gasteiger partial charge >= 0.3 is 0 Å². The van der Waals surface area contributed by atoms with E-state index in [4.69, 9.17) is 10.5 Å². The minimum atomic E-state index is 0.612. The van der Waals surface area contributed by atoms with Gasteiger partial charge in [-0.3, -0.25) is 4.90 Å². The van der Waals surface area contributed by atoms with Crippen LogP contribution in [-0.2, 0) is 6.54 Å². The molecule has 0 aliphatic rings. The summed E-state index contributed by atoms with van der Waals surface area (Å²) in [5, 5.41) is 0. The first kappa shape index (κ1) is 13.8. The summed E-state index contributed by atoms with van der Waals surface area (Å²) in [6, 6.07) is 6.42. The normalized spacial score (nSPS) is 11.2. The molecule has 1 rings (SSSR count). The third kappa shape index (κ3) is 3.63. The van der Waals surface area contributed by atoms with Crippen LogP contribution in [-0.4, -0.2) is 25.1 Å². The highest BCUT2D eigenvalue weighted by molar-refractivity contribution is 5.47. The maximum Gasteiger partial charge on any atom is 0.123 e. The standard InChI is InChI=1S/C14H24N2O/c1-5-13(6-2)16(3)10-11-9-12(15)7-8-14(11)17-4/h7-9,13H,5-6,10,15H2,1-4H3. The van der Waals surface area contributed by atoms with Gasteiger partial charge < -0.3 is 10.5 Å². The van der Waals surface area contributed by atoms with Crippen LogP contribution in [0.1, 0.15) is 32.3 Å². The van der Waals surface area contributed by atoms with Gasteiger partial charge in [-0.2, -0.15) is 0 Å². The molecule has 96 valence electrons. The fraction of sp³-hybridized carbons (Fsp3) is 0.571. The molecule has 3 nitrogen and oxygen atoms in total. The van der Waals surface area contributed by atoms with E-state index < -0.39 is 0 Å². The van der Waals surface area contributed by atoms with Gasteiger partial charge in [-0.25, -0.2) is 0 Å². The SMILES string of the molecule is CCC(CC)N(C)Cc1cc(N)ccc1OC. The zero-order chi connectivity index (χ0) is 12.8. The fourth-order valence-electron chi connectivity index (χ4n) is 2.23. The van der Waals surface area contributed by atoms with Gasteiger partial charge in [0.25, 0.3) is 0 Å². The largest absolute Gasteiger partial charge is 0.496 e. The van der Waals surface area contributed by atoms with Crippen LogP contribution in [0.4, 0.5) is 5.69 Å². The van der Waals surface area contributed by atoms with Crippen molar-refractivity contribution in [1.29, 1.82) is 0 Å². The zero-order valence-corrected chi connectivity index (χ0v) is 11.4. The fourth-order valence-corrected chi connectivity index (χ4v) is 2.23. The van der Waals surface area contributed by atoms with E-state index in [1.807, 2.05) is 18.2 Å². The minimum absolute atomic E-state index is 0.612. The highest BCUT2D eigenvalue weighted by Crippen LogP contribution is 2.23. The van der Waals surface area contributed by atoms with Crippen molar-refractivity contribution < 1.29 is 4.74 Å². The summed E-state index contributed by atoms with van der Waals surface area (Å²) in [6.45, 7) is 5.32. The lowest BCUT2D eigenvalue weighted by atomic mass is 10.1. The van der Waals surface area contributed by atoms with E-state index in [0.717, 1.165) is 36.4 Å². The van der Waals surface area contributed by atoms with Crippen LogP contribution in [0.2, 0.25) is 0 Å². The number of nitrogens with zero attached hydrogens (tertiary/aromatic N) is 1. The third-order valence-corrected chi connectivity index (χ3v) is 3.29. The average molecular weight is 236 g/mol. The number of ether oxygens (including phenoxy) is 1. The molecular weight excluding hydrogens is 212 g/mol. The number of benzene rings is 1. The first-order chi connectivity index (χ1) is 8.12. The van der Waals surface area contributed by atoms with E-state index >= 15 is 0 Å². The van der Waals surface area contributed by atoms with Gasteiger partial charge in [0, 0.05) is 23.8 Å². The van der Waals surface area contributed by atoms with Crippen LogP contribution in [0.15, 0.2) is 18.2 Å². The van der Waals surface area contributed by atoms with Gasteiger partial charge in [-0.05, 0) is 38.1 Å². The Hall–Kier alpha value is -1.22. The monoisotopic (exact) mass is 236 g/mol. The smallest absolute Gasteiger partial charge is 0.123 e. The number of methoxy groups -OCH3 is 1. The third-order valence-electron chi connectivity index (χ3n) is 3.29. The Bertz CT molecular complexity index is 348. The highest BCUT2D eigenvalue weighted by atomic mass is 16.5. The summed E-state index contributed by atoms with van der Waals surface area (Å²) in [7, 11) is 3.85. The van der Waals surface area contributed by atoms with Crippen LogP contribution < -0.4 is 10.5 Å². The lowest BCUT2D eigenvalue weighted by Gasteiger charge is -2.26. The molecule has 0 saturated heterocycles. The molecule has 0 spiro atoms. The van der Waals surface area contributed by atoms with Gasteiger partial charge in [-0.15, -0.1) is 0 Å². The second kappa shape index (κ2) is 6.50. The average Bonchev–Trinajstić information content (AvgIpc) is 2.31. The molecule has 3 heteroatoms. The quantitative estimate of drug-likeness (QED) is 0.772. The molecule has 0 unspecified atom stereocenters. The molecule has 1 aromatic carbocycles. The first-order valence-electron chi connectivity index (χ1n) is 6.24. The van der Waals surface area contributed by atoms with Crippen molar-refractivity contribution in [2.24, 2.45) is 0 Å². The Balaban J connectivity index is 2.82. The Kier molecular flexibility index (Phi) is 5.29. The van der Waals surface area contributed by atoms with Gasteiger partial charge in [0.05, 0.1) is 7.11 Å².